The van der Waals surface area contributed by atoms with E-state index in [-0.39, 0.29) is 24.3 Å². The summed E-state index contributed by atoms with van der Waals surface area (Å²) in [6.45, 7) is 1.18. The number of nitrogens with one attached hydrogen (secondary N) is 1. The van der Waals surface area contributed by atoms with E-state index in [4.69, 9.17) is 4.74 Å². The predicted octanol–water partition coefficient (Wildman–Crippen LogP) is 2.08. The quantitative estimate of drug-likeness (QED) is 0.856. The van der Waals surface area contributed by atoms with Crippen LogP contribution in [0.3, 0.4) is 0 Å². The van der Waals surface area contributed by atoms with Crippen molar-refractivity contribution >= 4 is 17.6 Å². The van der Waals surface area contributed by atoms with Gasteiger partial charge in [-0.05, 0) is 17.2 Å². The van der Waals surface area contributed by atoms with Gasteiger partial charge in [0.25, 0.3) is 0 Å². The molecule has 0 bridgehead atoms. The Morgan fingerprint density at radius 2 is 1.83 bits per heavy atom. The second kappa shape index (κ2) is 7.17. The molecule has 0 aliphatic carbocycles. The molecule has 0 fully saturated rings. The van der Waals surface area contributed by atoms with Crippen LogP contribution in [0.2, 0.25) is 0 Å². The van der Waals surface area contributed by atoms with Crippen LogP contribution in [0.1, 0.15) is 17.0 Å². The van der Waals surface area contributed by atoms with Gasteiger partial charge in [0.2, 0.25) is 5.91 Å². The number of nitrogens with zero attached hydrogens (tertiary/aromatic N) is 1. The number of anilines is 1. The van der Waals surface area contributed by atoms with Gasteiger partial charge in [-0.3, -0.25) is 9.59 Å². The van der Waals surface area contributed by atoms with Gasteiger partial charge >= 0.3 is 5.97 Å². The van der Waals surface area contributed by atoms with Crippen molar-refractivity contribution in [3.8, 4) is 0 Å². The second-order valence-corrected chi connectivity index (χ2v) is 5.78. The maximum atomic E-state index is 12.3. The molecular weight excluding hydrogens is 304 g/mol. The molecule has 0 spiro atoms. The number of hydrogen-bond acceptors (Lipinski definition) is 4. The molecular formula is C19H20N2O3. The lowest BCUT2D eigenvalue weighted by Crippen LogP contribution is -2.37. The number of carbonyl (C=O) groups excluding carboxylic acids is 2. The average Bonchev–Trinajstić information content (AvgIpc) is 2.99. The molecule has 2 aromatic carbocycles. The zero-order chi connectivity index (χ0) is 16.9. The van der Waals surface area contributed by atoms with Crippen molar-refractivity contribution in [2.24, 2.45) is 0 Å². The molecule has 24 heavy (non-hydrogen) atoms. The topological polar surface area (TPSA) is 58.6 Å². The van der Waals surface area contributed by atoms with E-state index in [1.54, 1.807) is 0 Å². The predicted molar refractivity (Wildman–Crippen MR) is 91.7 cm³/mol. The molecule has 0 aromatic heterocycles. The number of benzene rings is 2. The highest BCUT2D eigenvalue weighted by Crippen LogP contribution is 2.36. The molecule has 0 radical (unpaired) electrons. The summed E-state index contributed by atoms with van der Waals surface area (Å²) in [5.41, 5.74) is 2.89. The number of ether oxygens (including phenoxy) is 1. The Morgan fingerprint density at radius 1 is 1.12 bits per heavy atom. The summed E-state index contributed by atoms with van der Waals surface area (Å²) in [5.74, 6) is -0.679. The summed E-state index contributed by atoms with van der Waals surface area (Å²) in [7, 11) is 1.39. The first-order valence-corrected chi connectivity index (χ1v) is 7.91. The molecule has 1 amide bonds. The molecule has 5 nitrogen and oxygen atoms in total. The van der Waals surface area contributed by atoms with Crippen LogP contribution in [0, 0.1) is 0 Å². The normalized spacial score (nSPS) is 15.7. The van der Waals surface area contributed by atoms with E-state index < -0.39 is 0 Å². The number of fused-ring (bicyclic) bond motifs is 1. The zero-order valence-corrected chi connectivity index (χ0v) is 13.6. The fourth-order valence-corrected chi connectivity index (χ4v) is 3.01. The van der Waals surface area contributed by atoms with E-state index >= 15 is 0 Å². The summed E-state index contributed by atoms with van der Waals surface area (Å²) < 4.78 is 4.88. The van der Waals surface area contributed by atoms with E-state index in [1.807, 2.05) is 59.5 Å². The van der Waals surface area contributed by atoms with Gasteiger partial charge < -0.3 is 15.0 Å². The Balaban J connectivity index is 1.65. The van der Waals surface area contributed by atoms with Crippen LogP contribution in [0.5, 0.6) is 0 Å². The molecule has 1 heterocycles. The van der Waals surface area contributed by atoms with Crippen LogP contribution in [-0.4, -0.2) is 32.1 Å². The number of para-hydroxylation sites is 1. The van der Waals surface area contributed by atoms with E-state index in [2.05, 4.69) is 5.32 Å². The van der Waals surface area contributed by atoms with Gasteiger partial charge in [-0.1, -0.05) is 48.5 Å². The number of rotatable bonds is 5. The lowest BCUT2D eigenvalue weighted by molar-refractivity contribution is -0.142. The highest BCUT2D eigenvalue weighted by Gasteiger charge is 2.34. The first-order chi connectivity index (χ1) is 11.7. The first kappa shape index (κ1) is 16.1. The van der Waals surface area contributed by atoms with Crippen molar-refractivity contribution in [1.29, 1.82) is 0 Å². The number of amides is 1. The standard InChI is InChI=1S/C19H20N2O3/c1-24-19(23)16-12-21(17-10-6-5-9-15(16)17)13-18(22)20-11-14-7-3-2-4-8-14/h2-10,16H,11-13H2,1H3,(H,20,22)/t16-/m1/s1. The van der Waals surface area contributed by atoms with Gasteiger partial charge in [-0.2, -0.15) is 0 Å². The van der Waals surface area contributed by atoms with Crippen molar-refractivity contribution < 1.29 is 14.3 Å². The van der Waals surface area contributed by atoms with E-state index in [0.717, 1.165) is 16.8 Å². The molecule has 1 aliphatic rings. The minimum atomic E-state index is -0.340. The zero-order valence-electron chi connectivity index (χ0n) is 13.6. The minimum absolute atomic E-state index is 0.0702. The van der Waals surface area contributed by atoms with Crippen LogP contribution in [0.4, 0.5) is 5.69 Å². The lowest BCUT2D eigenvalue weighted by atomic mass is 10.0. The van der Waals surface area contributed by atoms with Crippen molar-refractivity contribution in [2.75, 3.05) is 25.1 Å². The largest absolute Gasteiger partial charge is 0.468 e. The average molecular weight is 324 g/mol. The Hall–Kier alpha value is -2.82. The highest BCUT2D eigenvalue weighted by atomic mass is 16.5. The van der Waals surface area contributed by atoms with Gasteiger partial charge in [-0.15, -0.1) is 0 Å². The third-order valence-electron chi connectivity index (χ3n) is 4.21. The number of carbonyl (C=O) groups is 2. The fourth-order valence-electron chi connectivity index (χ4n) is 3.01. The van der Waals surface area contributed by atoms with Crippen molar-refractivity contribution in [3.63, 3.8) is 0 Å². The number of esters is 1. The smallest absolute Gasteiger partial charge is 0.315 e. The first-order valence-electron chi connectivity index (χ1n) is 7.91. The summed E-state index contributed by atoms with van der Waals surface area (Å²) >= 11 is 0. The molecule has 124 valence electrons. The molecule has 1 atom stereocenters. The Bertz CT molecular complexity index is 730. The highest BCUT2D eigenvalue weighted by molar-refractivity contribution is 5.87. The Labute approximate surface area is 141 Å². The maximum absolute atomic E-state index is 12.3. The van der Waals surface area contributed by atoms with Gasteiger partial charge in [0.15, 0.2) is 0 Å². The molecule has 5 heteroatoms. The van der Waals surface area contributed by atoms with Crippen LogP contribution in [0.25, 0.3) is 0 Å². The Kier molecular flexibility index (Phi) is 4.79. The number of methoxy groups -OCH3 is 1. The van der Waals surface area contributed by atoms with Gasteiger partial charge in [0, 0.05) is 18.8 Å². The van der Waals surface area contributed by atoms with Crippen molar-refractivity contribution in [3.05, 3.63) is 65.7 Å². The summed E-state index contributed by atoms with van der Waals surface area (Å²) in [6, 6.07) is 17.4. The van der Waals surface area contributed by atoms with Crippen LogP contribution in [0.15, 0.2) is 54.6 Å². The van der Waals surface area contributed by atoms with E-state index in [0.29, 0.717) is 13.1 Å². The van der Waals surface area contributed by atoms with Gasteiger partial charge in [0.1, 0.15) is 5.92 Å². The van der Waals surface area contributed by atoms with Gasteiger partial charge in [-0.25, -0.2) is 0 Å². The maximum Gasteiger partial charge on any atom is 0.315 e. The molecule has 0 saturated heterocycles. The molecule has 3 rings (SSSR count). The van der Waals surface area contributed by atoms with Gasteiger partial charge in [0.05, 0.1) is 13.7 Å². The Morgan fingerprint density at radius 3 is 2.58 bits per heavy atom. The molecule has 2 aromatic rings. The van der Waals surface area contributed by atoms with Crippen LogP contribution >= 0.6 is 0 Å². The van der Waals surface area contributed by atoms with Crippen molar-refractivity contribution in [1.82, 2.24) is 5.32 Å². The van der Waals surface area contributed by atoms with E-state index in [9.17, 15) is 9.59 Å². The molecule has 1 aliphatic heterocycles. The van der Waals surface area contributed by atoms with Crippen LogP contribution < -0.4 is 10.2 Å². The molecule has 1 N–H and O–H groups in total. The molecule has 0 unspecified atom stereocenters. The lowest BCUT2D eigenvalue weighted by Gasteiger charge is -2.19. The molecule has 0 saturated carbocycles. The fraction of sp³-hybridized carbons (Fsp3) is 0.263. The van der Waals surface area contributed by atoms with Crippen LogP contribution in [-0.2, 0) is 20.9 Å². The summed E-state index contributed by atoms with van der Waals surface area (Å²) in [4.78, 5) is 26.2. The number of hydrogen-bond donors (Lipinski definition) is 1. The minimum Gasteiger partial charge on any atom is -0.468 e. The second-order valence-electron chi connectivity index (χ2n) is 5.78. The third kappa shape index (κ3) is 3.40. The SMILES string of the molecule is COC(=O)[C@@H]1CN(CC(=O)NCc2ccccc2)c2ccccc21. The van der Waals surface area contributed by atoms with E-state index in [1.165, 1.54) is 7.11 Å². The summed E-state index contributed by atoms with van der Waals surface area (Å²) in [5, 5.41) is 2.92. The van der Waals surface area contributed by atoms with Crippen molar-refractivity contribution in [2.45, 2.75) is 12.5 Å². The monoisotopic (exact) mass is 324 g/mol. The third-order valence-corrected chi connectivity index (χ3v) is 4.21. The summed E-state index contributed by atoms with van der Waals surface area (Å²) in [6.07, 6.45) is 0.